The van der Waals surface area contributed by atoms with Gasteiger partial charge in [0, 0.05) is 18.7 Å². The van der Waals surface area contributed by atoms with E-state index in [9.17, 15) is 0 Å². The molecule has 0 aromatic carbocycles. The maximum atomic E-state index is 3.87. The van der Waals surface area contributed by atoms with Crippen LogP contribution in [0, 0.1) is 11.8 Å². The first-order valence-corrected chi connectivity index (χ1v) is 4.90. The van der Waals surface area contributed by atoms with Crippen LogP contribution in [0.5, 0.6) is 0 Å². The van der Waals surface area contributed by atoms with Crippen LogP contribution in [0.25, 0.3) is 0 Å². The molecule has 0 spiro atoms. The molecular weight excluding hydrogens is 170 g/mol. The van der Waals surface area contributed by atoms with Gasteiger partial charge >= 0.3 is 0 Å². The summed E-state index contributed by atoms with van der Waals surface area (Å²) >= 11 is 0. The minimum atomic E-state index is 0.709. The van der Waals surface area contributed by atoms with Gasteiger partial charge in [-0.25, -0.2) is 0 Å². The molecule has 76 valence electrons. The van der Waals surface area contributed by atoms with E-state index < -0.39 is 0 Å². The van der Waals surface area contributed by atoms with Crippen LogP contribution in [0.3, 0.4) is 0 Å². The molecule has 0 bridgehead atoms. The Hall–Kier alpha value is -1.42. The van der Waals surface area contributed by atoms with E-state index >= 15 is 0 Å². The molecule has 0 atom stereocenters. The molecule has 0 aliphatic carbocycles. The van der Waals surface area contributed by atoms with Crippen molar-refractivity contribution in [2.75, 3.05) is 6.54 Å². The molecule has 0 heterocycles. The summed E-state index contributed by atoms with van der Waals surface area (Å²) in [4.78, 5) is 0. The molecule has 0 aliphatic heterocycles. The van der Waals surface area contributed by atoms with E-state index in [-0.39, 0.29) is 0 Å². The van der Waals surface area contributed by atoms with E-state index in [1.165, 1.54) is 0 Å². The fraction of sp³-hybridized carbons (Fsp3) is 0.385. The predicted octanol–water partition coefficient (Wildman–Crippen LogP) is 3.03. The molecule has 0 aromatic rings. The van der Waals surface area contributed by atoms with Crippen molar-refractivity contribution in [3.63, 3.8) is 0 Å². The highest BCUT2D eigenvalue weighted by Crippen LogP contribution is 1.93. The van der Waals surface area contributed by atoms with Gasteiger partial charge in [-0.3, -0.25) is 0 Å². The number of nitrogens with one attached hydrogen (secondary N) is 1. The maximum absolute atomic E-state index is 3.87. The molecule has 0 rings (SSSR count). The zero-order valence-electron chi connectivity index (χ0n) is 9.19. The first-order valence-electron chi connectivity index (χ1n) is 4.90. The molecule has 1 N–H and O–H groups in total. The fourth-order valence-corrected chi connectivity index (χ4v) is 0.746. The van der Waals surface area contributed by atoms with Gasteiger partial charge < -0.3 is 5.32 Å². The summed E-state index contributed by atoms with van der Waals surface area (Å²) in [6.45, 7) is 12.6. The number of allylic oxidation sites excluding steroid dienone is 4. The largest absolute Gasteiger partial charge is 0.388 e. The van der Waals surface area contributed by atoms with E-state index in [1.54, 1.807) is 6.08 Å². The van der Waals surface area contributed by atoms with Crippen LogP contribution in [0.2, 0.25) is 0 Å². The summed E-state index contributed by atoms with van der Waals surface area (Å²) < 4.78 is 0. The minimum absolute atomic E-state index is 0.709. The van der Waals surface area contributed by atoms with Crippen molar-refractivity contribution in [2.24, 2.45) is 0 Å². The summed E-state index contributed by atoms with van der Waals surface area (Å²) in [6, 6.07) is 0. The molecule has 0 fully saturated rings. The third-order valence-electron chi connectivity index (χ3n) is 1.65. The van der Waals surface area contributed by atoms with Crippen molar-refractivity contribution in [3.05, 3.63) is 36.6 Å². The Labute approximate surface area is 87.6 Å². The van der Waals surface area contributed by atoms with Gasteiger partial charge in [0.05, 0.1) is 0 Å². The van der Waals surface area contributed by atoms with Crippen LogP contribution >= 0.6 is 0 Å². The van der Waals surface area contributed by atoms with Gasteiger partial charge in [0.1, 0.15) is 0 Å². The lowest BCUT2D eigenvalue weighted by atomic mass is 10.2. The van der Waals surface area contributed by atoms with Crippen molar-refractivity contribution < 1.29 is 0 Å². The summed E-state index contributed by atoms with van der Waals surface area (Å²) in [5.74, 6) is 5.98. The van der Waals surface area contributed by atoms with Crippen LogP contribution in [0.15, 0.2) is 36.6 Å². The summed E-state index contributed by atoms with van der Waals surface area (Å²) in [6.07, 6.45) is 5.47. The van der Waals surface area contributed by atoms with Crippen LogP contribution < -0.4 is 5.32 Å². The van der Waals surface area contributed by atoms with Crippen molar-refractivity contribution in [3.8, 4) is 11.8 Å². The second-order valence-corrected chi connectivity index (χ2v) is 3.12. The smallest absolute Gasteiger partial charge is 0.0485 e. The number of hydrogen-bond acceptors (Lipinski definition) is 1. The maximum Gasteiger partial charge on any atom is 0.0485 e. The lowest BCUT2D eigenvalue weighted by molar-refractivity contribution is 0.760. The average molecular weight is 189 g/mol. The van der Waals surface area contributed by atoms with Gasteiger partial charge in [0.15, 0.2) is 0 Å². The number of rotatable bonds is 5. The predicted molar refractivity (Wildman–Crippen MR) is 63.8 cm³/mol. The molecule has 0 saturated carbocycles. The van der Waals surface area contributed by atoms with Crippen molar-refractivity contribution in [1.29, 1.82) is 0 Å². The molecule has 14 heavy (non-hydrogen) atoms. The molecule has 0 unspecified atom stereocenters. The first kappa shape index (κ1) is 12.6. The summed E-state index contributed by atoms with van der Waals surface area (Å²) in [5, 5.41) is 3.20. The molecule has 0 amide bonds. The highest BCUT2D eigenvalue weighted by molar-refractivity contribution is 5.27. The van der Waals surface area contributed by atoms with Gasteiger partial charge in [0.2, 0.25) is 0 Å². The third kappa shape index (κ3) is 7.24. The van der Waals surface area contributed by atoms with Crippen LogP contribution in [0.1, 0.15) is 26.7 Å². The SMILES string of the molecule is C=C/C(C)=C\C#CCC(=C)NCCC. The minimum Gasteiger partial charge on any atom is -0.388 e. The molecular formula is C13H19N. The normalized spacial score (nSPS) is 10.0. The zero-order chi connectivity index (χ0) is 10.8. The summed E-state index contributed by atoms with van der Waals surface area (Å²) in [5.41, 5.74) is 2.08. The van der Waals surface area contributed by atoms with Crippen molar-refractivity contribution >= 4 is 0 Å². The molecule has 0 aliphatic rings. The molecule has 0 radical (unpaired) electrons. The second-order valence-electron chi connectivity index (χ2n) is 3.12. The Morgan fingerprint density at radius 1 is 1.50 bits per heavy atom. The molecule has 0 aromatic heterocycles. The van der Waals surface area contributed by atoms with E-state index in [0.29, 0.717) is 6.42 Å². The molecule has 1 heteroatoms. The zero-order valence-corrected chi connectivity index (χ0v) is 9.19. The monoisotopic (exact) mass is 189 g/mol. The first-order chi connectivity index (χ1) is 6.70. The quantitative estimate of drug-likeness (QED) is 0.518. The van der Waals surface area contributed by atoms with Crippen LogP contribution in [0.4, 0.5) is 0 Å². The van der Waals surface area contributed by atoms with E-state index in [4.69, 9.17) is 0 Å². The van der Waals surface area contributed by atoms with Crippen LogP contribution in [-0.2, 0) is 0 Å². The van der Waals surface area contributed by atoms with Gasteiger partial charge in [-0.1, -0.05) is 38.0 Å². The lowest BCUT2D eigenvalue weighted by Crippen LogP contribution is -2.12. The highest BCUT2D eigenvalue weighted by atomic mass is 14.9. The number of hydrogen-bond donors (Lipinski definition) is 1. The Kier molecular flexibility index (Phi) is 7.36. The fourth-order valence-electron chi connectivity index (χ4n) is 0.746. The van der Waals surface area contributed by atoms with E-state index in [1.807, 2.05) is 13.0 Å². The molecule has 1 nitrogen and oxygen atoms in total. The van der Waals surface area contributed by atoms with Gasteiger partial charge in [-0.2, -0.15) is 0 Å². The third-order valence-corrected chi connectivity index (χ3v) is 1.65. The Morgan fingerprint density at radius 2 is 2.21 bits per heavy atom. The van der Waals surface area contributed by atoms with Gasteiger partial charge in [-0.05, 0) is 25.0 Å². The lowest BCUT2D eigenvalue weighted by Gasteiger charge is -2.02. The standard InChI is InChI=1S/C13H19N/c1-5-11-14-13(4)10-8-7-9-12(3)6-2/h6,9,14H,2,4-5,10-11H2,1,3H3/b12-9-. The topological polar surface area (TPSA) is 12.0 Å². The summed E-state index contributed by atoms with van der Waals surface area (Å²) in [7, 11) is 0. The van der Waals surface area contributed by atoms with Crippen LogP contribution in [-0.4, -0.2) is 6.54 Å². The van der Waals surface area contributed by atoms with Gasteiger partial charge in [0.25, 0.3) is 0 Å². The Balaban J connectivity index is 3.81. The Morgan fingerprint density at radius 3 is 2.79 bits per heavy atom. The highest BCUT2D eigenvalue weighted by Gasteiger charge is 1.86. The van der Waals surface area contributed by atoms with Crippen molar-refractivity contribution in [2.45, 2.75) is 26.7 Å². The van der Waals surface area contributed by atoms with E-state index in [0.717, 1.165) is 24.2 Å². The Bertz CT molecular complexity index is 273. The van der Waals surface area contributed by atoms with Crippen molar-refractivity contribution in [1.82, 2.24) is 5.32 Å². The van der Waals surface area contributed by atoms with E-state index in [2.05, 4.69) is 37.2 Å². The van der Waals surface area contributed by atoms with Gasteiger partial charge in [-0.15, -0.1) is 0 Å². The average Bonchev–Trinajstić information content (AvgIpc) is 2.21. The molecule has 0 saturated heterocycles. The second kappa shape index (κ2) is 8.19.